The van der Waals surface area contributed by atoms with Crippen molar-refractivity contribution in [3.8, 4) is 0 Å². The topological polar surface area (TPSA) is 59.3 Å². The molecule has 1 aromatic carbocycles. The van der Waals surface area contributed by atoms with Crippen LogP contribution in [-0.4, -0.2) is 19.0 Å². The smallest absolute Gasteiger partial charge is 0.257 e. The Morgan fingerprint density at radius 3 is 2.73 bits per heavy atom. The fourth-order valence-corrected chi connectivity index (χ4v) is 2.79. The summed E-state index contributed by atoms with van der Waals surface area (Å²) in [6, 6.07) is 11.3. The van der Waals surface area contributed by atoms with Crippen LogP contribution in [0.4, 0.5) is 5.69 Å². The van der Waals surface area contributed by atoms with E-state index < -0.39 is 0 Å². The van der Waals surface area contributed by atoms with Crippen LogP contribution >= 0.6 is 0 Å². The summed E-state index contributed by atoms with van der Waals surface area (Å²) in [6.45, 7) is 2.60. The standard InChI is InChI=1S/C17H19N3O2/c21-17(15-7-5-11-20(22)13-15)18-12-14-6-1-2-8-16(14)19-9-3-4-10-19/h1-2,5-8,11,13H,3-4,9-10,12H2,(H,18,21). The van der Waals surface area contributed by atoms with Gasteiger partial charge in [-0.25, -0.2) is 0 Å². The third kappa shape index (κ3) is 3.19. The van der Waals surface area contributed by atoms with E-state index in [1.807, 2.05) is 18.2 Å². The highest BCUT2D eigenvalue weighted by Crippen LogP contribution is 2.24. The molecule has 0 aliphatic carbocycles. The number of carbonyl (C=O) groups excluding carboxylic acids is 1. The molecule has 1 aliphatic rings. The van der Waals surface area contributed by atoms with E-state index in [0.29, 0.717) is 16.8 Å². The minimum absolute atomic E-state index is 0.235. The lowest BCUT2D eigenvalue weighted by atomic mass is 10.1. The molecule has 2 aromatic rings. The van der Waals surface area contributed by atoms with Gasteiger partial charge < -0.3 is 15.4 Å². The van der Waals surface area contributed by atoms with Crippen molar-refractivity contribution in [2.45, 2.75) is 19.4 Å². The molecule has 5 heteroatoms. The number of carbonyl (C=O) groups is 1. The Bertz CT molecular complexity index is 666. The van der Waals surface area contributed by atoms with Gasteiger partial charge in [-0.3, -0.25) is 4.79 Å². The molecule has 0 radical (unpaired) electrons. The normalized spacial score (nSPS) is 14.1. The Balaban J connectivity index is 1.70. The van der Waals surface area contributed by atoms with Gasteiger partial charge in [-0.15, -0.1) is 0 Å². The molecule has 5 nitrogen and oxygen atoms in total. The molecule has 1 aliphatic heterocycles. The first-order valence-corrected chi connectivity index (χ1v) is 7.54. The minimum atomic E-state index is -0.235. The zero-order valence-corrected chi connectivity index (χ0v) is 12.4. The van der Waals surface area contributed by atoms with Crippen molar-refractivity contribution in [3.05, 3.63) is 65.1 Å². The number of nitrogens with zero attached hydrogens (tertiary/aromatic N) is 2. The molecular weight excluding hydrogens is 278 g/mol. The zero-order valence-electron chi connectivity index (χ0n) is 12.4. The van der Waals surface area contributed by atoms with Crippen LogP contribution in [-0.2, 0) is 6.54 Å². The maximum atomic E-state index is 12.1. The van der Waals surface area contributed by atoms with Crippen molar-refractivity contribution in [3.63, 3.8) is 0 Å². The third-order valence-corrected chi connectivity index (χ3v) is 3.92. The second kappa shape index (κ2) is 6.47. The van der Waals surface area contributed by atoms with E-state index in [1.54, 1.807) is 12.1 Å². The van der Waals surface area contributed by atoms with Crippen LogP contribution in [0.5, 0.6) is 0 Å². The van der Waals surface area contributed by atoms with Crippen LogP contribution in [0.2, 0.25) is 0 Å². The maximum absolute atomic E-state index is 12.1. The lowest BCUT2D eigenvalue weighted by Gasteiger charge is -2.21. The highest BCUT2D eigenvalue weighted by molar-refractivity contribution is 5.93. The average Bonchev–Trinajstić information content (AvgIpc) is 3.07. The van der Waals surface area contributed by atoms with Crippen molar-refractivity contribution >= 4 is 11.6 Å². The quantitative estimate of drug-likeness (QED) is 0.692. The van der Waals surface area contributed by atoms with Crippen molar-refractivity contribution < 1.29 is 9.52 Å². The lowest BCUT2D eigenvalue weighted by Crippen LogP contribution is -2.30. The second-order valence-corrected chi connectivity index (χ2v) is 5.46. The molecule has 0 saturated carbocycles. The number of para-hydroxylation sites is 1. The van der Waals surface area contributed by atoms with Gasteiger partial charge in [0.1, 0.15) is 5.56 Å². The second-order valence-electron chi connectivity index (χ2n) is 5.46. The number of aromatic nitrogens is 1. The molecule has 1 N–H and O–H groups in total. The molecule has 0 unspecified atom stereocenters. The van der Waals surface area contributed by atoms with E-state index in [0.717, 1.165) is 18.7 Å². The van der Waals surface area contributed by atoms with Gasteiger partial charge in [-0.2, -0.15) is 4.73 Å². The van der Waals surface area contributed by atoms with Crippen LogP contribution in [0.1, 0.15) is 28.8 Å². The van der Waals surface area contributed by atoms with Gasteiger partial charge in [-0.05, 0) is 30.5 Å². The molecule has 0 atom stereocenters. The van der Waals surface area contributed by atoms with Crippen LogP contribution in [0.15, 0.2) is 48.8 Å². The predicted octanol–water partition coefficient (Wildman–Crippen LogP) is 1.85. The summed E-state index contributed by atoms with van der Waals surface area (Å²) >= 11 is 0. The lowest BCUT2D eigenvalue weighted by molar-refractivity contribution is -0.605. The van der Waals surface area contributed by atoms with Crippen LogP contribution in [0.25, 0.3) is 0 Å². The SMILES string of the molecule is O=C(NCc1ccccc1N1CCCC1)c1ccc[n+]([O-])c1. The number of benzene rings is 1. The summed E-state index contributed by atoms with van der Waals surface area (Å²) in [4.78, 5) is 14.5. The number of hydrogen-bond acceptors (Lipinski definition) is 3. The van der Waals surface area contributed by atoms with Crippen LogP contribution < -0.4 is 14.9 Å². The fourth-order valence-electron chi connectivity index (χ4n) is 2.79. The number of hydrogen-bond donors (Lipinski definition) is 1. The van der Waals surface area contributed by atoms with E-state index in [2.05, 4.69) is 16.3 Å². The van der Waals surface area contributed by atoms with Gasteiger partial charge in [-0.1, -0.05) is 18.2 Å². The molecule has 1 saturated heterocycles. The molecule has 114 valence electrons. The highest BCUT2D eigenvalue weighted by atomic mass is 16.5. The Kier molecular flexibility index (Phi) is 4.23. The van der Waals surface area contributed by atoms with Crippen LogP contribution in [0.3, 0.4) is 0 Å². The molecule has 0 bridgehead atoms. The zero-order chi connectivity index (χ0) is 15.4. The molecule has 1 amide bonds. The van der Waals surface area contributed by atoms with E-state index in [1.165, 1.54) is 30.9 Å². The number of pyridine rings is 1. The first kappa shape index (κ1) is 14.4. The van der Waals surface area contributed by atoms with Gasteiger partial charge in [0.25, 0.3) is 5.91 Å². The number of amides is 1. The maximum Gasteiger partial charge on any atom is 0.257 e. The van der Waals surface area contributed by atoms with E-state index >= 15 is 0 Å². The monoisotopic (exact) mass is 297 g/mol. The summed E-state index contributed by atoms with van der Waals surface area (Å²) in [5.41, 5.74) is 2.66. The molecule has 22 heavy (non-hydrogen) atoms. The van der Waals surface area contributed by atoms with Gasteiger partial charge in [0.05, 0.1) is 0 Å². The number of rotatable bonds is 4. The Morgan fingerprint density at radius 2 is 1.95 bits per heavy atom. The Labute approximate surface area is 129 Å². The van der Waals surface area contributed by atoms with Crippen molar-refractivity contribution in [2.75, 3.05) is 18.0 Å². The largest absolute Gasteiger partial charge is 0.619 e. The summed E-state index contributed by atoms with van der Waals surface area (Å²) in [5, 5.41) is 14.1. The molecule has 2 heterocycles. The first-order chi connectivity index (χ1) is 10.7. The van der Waals surface area contributed by atoms with E-state index in [9.17, 15) is 10.0 Å². The van der Waals surface area contributed by atoms with Crippen molar-refractivity contribution in [1.29, 1.82) is 0 Å². The summed E-state index contributed by atoms with van der Waals surface area (Å²) < 4.78 is 0.632. The molecule has 0 spiro atoms. The molecule has 1 aromatic heterocycles. The van der Waals surface area contributed by atoms with Gasteiger partial charge in [0.15, 0.2) is 12.4 Å². The summed E-state index contributed by atoms with van der Waals surface area (Å²) in [7, 11) is 0. The van der Waals surface area contributed by atoms with Gasteiger partial charge >= 0.3 is 0 Å². The Hall–Kier alpha value is -2.56. The molecule has 1 fully saturated rings. The van der Waals surface area contributed by atoms with Gasteiger partial charge in [0.2, 0.25) is 0 Å². The summed E-state index contributed by atoms with van der Waals surface area (Å²) in [5.74, 6) is -0.235. The van der Waals surface area contributed by atoms with Crippen molar-refractivity contribution in [1.82, 2.24) is 5.32 Å². The Morgan fingerprint density at radius 1 is 1.18 bits per heavy atom. The molecule has 3 rings (SSSR count). The summed E-state index contributed by atoms with van der Waals surface area (Å²) in [6.07, 6.45) is 5.07. The minimum Gasteiger partial charge on any atom is -0.619 e. The van der Waals surface area contributed by atoms with Crippen LogP contribution in [0, 0.1) is 5.21 Å². The number of nitrogens with one attached hydrogen (secondary N) is 1. The third-order valence-electron chi connectivity index (χ3n) is 3.92. The average molecular weight is 297 g/mol. The number of anilines is 1. The van der Waals surface area contributed by atoms with E-state index in [-0.39, 0.29) is 5.91 Å². The van der Waals surface area contributed by atoms with Gasteiger partial charge in [0, 0.05) is 31.4 Å². The first-order valence-electron chi connectivity index (χ1n) is 7.54. The molecular formula is C17H19N3O2. The highest BCUT2D eigenvalue weighted by Gasteiger charge is 2.16. The predicted molar refractivity (Wildman–Crippen MR) is 84.5 cm³/mol. The fraction of sp³-hybridized carbons (Fsp3) is 0.294. The van der Waals surface area contributed by atoms with E-state index in [4.69, 9.17) is 0 Å². The van der Waals surface area contributed by atoms with Crippen molar-refractivity contribution in [2.24, 2.45) is 0 Å².